The van der Waals surface area contributed by atoms with Gasteiger partial charge in [0, 0.05) is 0 Å². The fourth-order valence-corrected chi connectivity index (χ4v) is 0.716. The monoisotopic (exact) mass is 150 g/mol. The maximum atomic E-state index is 11.9. The molecule has 10 heavy (non-hydrogen) atoms. The van der Waals surface area contributed by atoms with Gasteiger partial charge in [-0.2, -0.15) is 0 Å². The first-order valence-corrected chi connectivity index (χ1v) is 3.30. The third kappa shape index (κ3) is 2.60. The molecule has 0 amide bonds. The molecular formula is C6H11FO3. The van der Waals surface area contributed by atoms with Crippen LogP contribution in [0.15, 0.2) is 0 Å². The van der Waals surface area contributed by atoms with Gasteiger partial charge in [0.05, 0.1) is 26.4 Å². The van der Waals surface area contributed by atoms with Gasteiger partial charge < -0.3 is 14.2 Å². The van der Waals surface area contributed by atoms with Crippen molar-refractivity contribution < 1.29 is 18.6 Å². The van der Waals surface area contributed by atoms with Gasteiger partial charge in [-0.1, -0.05) is 0 Å². The first-order chi connectivity index (χ1) is 4.93. The molecule has 1 heterocycles. The first kappa shape index (κ1) is 7.91. The lowest BCUT2D eigenvalue weighted by Gasteiger charge is -2.18. The summed E-state index contributed by atoms with van der Waals surface area (Å²) < 4.78 is 26.7. The summed E-state index contributed by atoms with van der Waals surface area (Å²) in [4.78, 5) is 0. The van der Waals surface area contributed by atoms with Crippen molar-refractivity contribution in [2.24, 2.45) is 0 Å². The van der Waals surface area contributed by atoms with Gasteiger partial charge in [-0.3, -0.25) is 0 Å². The molecule has 0 unspecified atom stereocenters. The summed E-state index contributed by atoms with van der Waals surface area (Å²) in [6.07, 6.45) is -0.677. The van der Waals surface area contributed by atoms with E-state index in [0.717, 1.165) is 0 Å². The molecule has 3 nitrogen and oxygen atoms in total. The Kier molecular flexibility index (Phi) is 3.64. The van der Waals surface area contributed by atoms with Crippen molar-refractivity contribution >= 4 is 0 Å². The van der Waals surface area contributed by atoms with E-state index in [1.807, 2.05) is 0 Å². The van der Waals surface area contributed by atoms with E-state index in [2.05, 4.69) is 0 Å². The summed E-state index contributed by atoms with van der Waals surface area (Å²) in [5.74, 6) is 0. The van der Waals surface area contributed by atoms with Crippen LogP contribution in [0.1, 0.15) is 0 Å². The van der Waals surface area contributed by atoms with E-state index in [1.54, 1.807) is 0 Å². The molecule has 1 rings (SSSR count). The Bertz CT molecular complexity index is 81.1. The van der Waals surface area contributed by atoms with Crippen LogP contribution in [0.3, 0.4) is 0 Å². The Morgan fingerprint density at radius 3 is 2.20 bits per heavy atom. The second-order valence-electron chi connectivity index (χ2n) is 1.94. The molecule has 0 aliphatic carbocycles. The van der Waals surface area contributed by atoms with Gasteiger partial charge in [0.15, 0.2) is 6.29 Å². The van der Waals surface area contributed by atoms with Gasteiger partial charge in [0.25, 0.3) is 0 Å². The second-order valence-corrected chi connectivity index (χ2v) is 1.94. The molecule has 0 aromatic carbocycles. The van der Waals surface area contributed by atoms with E-state index in [9.17, 15) is 4.39 Å². The van der Waals surface area contributed by atoms with Gasteiger partial charge in [-0.15, -0.1) is 0 Å². The molecule has 0 aromatic rings. The van der Waals surface area contributed by atoms with Crippen LogP contribution in [0.4, 0.5) is 4.39 Å². The minimum absolute atomic E-state index is 0.411. The normalized spacial score (nSPS) is 23.7. The topological polar surface area (TPSA) is 27.7 Å². The smallest absolute Gasteiger partial charge is 0.186 e. The van der Waals surface area contributed by atoms with Gasteiger partial charge >= 0.3 is 0 Å². The van der Waals surface area contributed by atoms with Crippen LogP contribution in [0, 0.1) is 0 Å². The van der Waals surface area contributed by atoms with Gasteiger partial charge in [-0.25, -0.2) is 4.39 Å². The number of ether oxygens (including phenoxy) is 3. The molecule has 0 aromatic heterocycles. The van der Waals surface area contributed by atoms with Crippen molar-refractivity contribution in [3.63, 3.8) is 0 Å². The largest absolute Gasteiger partial charge is 0.377 e. The van der Waals surface area contributed by atoms with Crippen LogP contribution in [-0.2, 0) is 14.2 Å². The highest BCUT2D eigenvalue weighted by Crippen LogP contribution is 1.98. The van der Waals surface area contributed by atoms with E-state index in [1.165, 1.54) is 0 Å². The molecule has 0 saturated carbocycles. The zero-order valence-electron chi connectivity index (χ0n) is 5.72. The summed E-state index contributed by atoms with van der Waals surface area (Å²) in [5, 5.41) is 0. The number of halogens is 1. The summed E-state index contributed by atoms with van der Waals surface area (Å²) in [5.41, 5.74) is 0. The van der Waals surface area contributed by atoms with Crippen LogP contribution in [0.25, 0.3) is 0 Å². The van der Waals surface area contributed by atoms with Gasteiger partial charge in [0.2, 0.25) is 0 Å². The third-order valence-corrected chi connectivity index (χ3v) is 1.19. The summed E-state index contributed by atoms with van der Waals surface area (Å²) >= 11 is 0. The van der Waals surface area contributed by atoms with Crippen molar-refractivity contribution in [3.05, 3.63) is 0 Å². The average Bonchev–Trinajstić information content (AvgIpc) is 1.87. The Balaban J connectivity index is 2.16. The summed E-state index contributed by atoms with van der Waals surface area (Å²) in [7, 11) is 0. The Labute approximate surface area is 59.1 Å². The quantitative estimate of drug-likeness (QED) is 0.539. The highest BCUT2D eigenvalue weighted by molar-refractivity contribution is 4.44. The minimum atomic E-state index is -0.677. The lowest BCUT2D eigenvalue weighted by atomic mass is 10.6. The predicted octanol–water partition coefficient (Wildman–Crippen LogP) is 0.345. The number of hydrogen-bond acceptors (Lipinski definition) is 3. The fourth-order valence-electron chi connectivity index (χ4n) is 0.716. The first-order valence-electron chi connectivity index (χ1n) is 3.30. The lowest BCUT2D eigenvalue weighted by Crippen LogP contribution is -2.27. The Morgan fingerprint density at radius 2 is 1.70 bits per heavy atom. The van der Waals surface area contributed by atoms with Crippen LogP contribution in [0.2, 0.25) is 0 Å². The van der Waals surface area contributed by atoms with Crippen LogP contribution in [0.5, 0.6) is 0 Å². The van der Waals surface area contributed by atoms with Gasteiger partial charge in [-0.05, 0) is 0 Å². The molecular weight excluding hydrogens is 139 g/mol. The van der Waals surface area contributed by atoms with E-state index in [-0.39, 0.29) is 0 Å². The van der Waals surface area contributed by atoms with Crippen LogP contribution >= 0.6 is 0 Å². The third-order valence-electron chi connectivity index (χ3n) is 1.19. The number of hydrogen-bond donors (Lipinski definition) is 0. The maximum absolute atomic E-state index is 11.9. The van der Waals surface area contributed by atoms with Crippen molar-refractivity contribution in [1.82, 2.24) is 0 Å². The van der Waals surface area contributed by atoms with Crippen molar-refractivity contribution in [1.29, 1.82) is 0 Å². The zero-order valence-corrected chi connectivity index (χ0v) is 5.72. The minimum Gasteiger partial charge on any atom is -0.377 e. The molecule has 1 saturated heterocycles. The van der Waals surface area contributed by atoms with Crippen molar-refractivity contribution in [2.45, 2.75) is 6.29 Å². The molecule has 1 aliphatic heterocycles. The highest BCUT2D eigenvalue weighted by Gasteiger charge is 2.10. The number of rotatable bonds is 1. The van der Waals surface area contributed by atoms with E-state index in [4.69, 9.17) is 14.2 Å². The van der Waals surface area contributed by atoms with E-state index < -0.39 is 13.0 Å². The van der Waals surface area contributed by atoms with Crippen molar-refractivity contribution in [3.8, 4) is 0 Å². The van der Waals surface area contributed by atoms with E-state index in [0.29, 0.717) is 26.4 Å². The molecule has 1 fully saturated rings. The van der Waals surface area contributed by atoms with Crippen LogP contribution in [-0.4, -0.2) is 39.4 Å². The summed E-state index contributed by atoms with van der Waals surface area (Å²) in [6, 6.07) is 0. The molecule has 60 valence electrons. The second kappa shape index (κ2) is 4.60. The summed E-state index contributed by atoms with van der Waals surface area (Å²) in [6.45, 7) is 1.29. The SMILES string of the molecule is FCC1OCCOCCO1. The number of alkyl halides is 1. The molecule has 1 aliphatic rings. The lowest BCUT2D eigenvalue weighted by molar-refractivity contribution is -0.183. The fraction of sp³-hybridized carbons (Fsp3) is 1.00. The molecule has 0 bridgehead atoms. The van der Waals surface area contributed by atoms with Gasteiger partial charge in [0.1, 0.15) is 6.67 Å². The Morgan fingerprint density at radius 1 is 1.10 bits per heavy atom. The predicted molar refractivity (Wildman–Crippen MR) is 32.5 cm³/mol. The highest BCUT2D eigenvalue weighted by atomic mass is 19.1. The molecule has 0 radical (unpaired) electrons. The van der Waals surface area contributed by atoms with Crippen molar-refractivity contribution in [2.75, 3.05) is 33.1 Å². The molecule has 0 N–H and O–H groups in total. The molecule has 4 heteroatoms. The maximum Gasteiger partial charge on any atom is 0.186 e. The standard InChI is InChI=1S/C6H11FO3/c7-5-6-9-3-1-8-2-4-10-6/h6H,1-5H2. The average molecular weight is 150 g/mol. The molecule has 0 spiro atoms. The van der Waals surface area contributed by atoms with Crippen LogP contribution < -0.4 is 0 Å². The Hall–Kier alpha value is -0.190. The zero-order chi connectivity index (χ0) is 7.23. The van der Waals surface area contributed by atoms with E-state index >= 15 is 0 Å². The molecule has 0 atom stereocenters.